The number of pyridine rings is 1. The van der Waals surface area contributed by atoms with E-state index in [1.165, 1.54) is 18.4 Å². The van der Waals surface area contributed by atoms with Gasteiger partial charge in [0.25, 0.3) is 0 Å². The topological polar surface area (TPSA) is 88.6 Å². The number of anilines is 1. The minimum absolute atomic E-state index is 0.0777. The Kier molecular flexibility index (Phi) is 5.32. The molecule has 1 saturated heterocycles. The first-order chi connectivity index (χ1) is 12.5. The zero-order valence-corrected chi connectivity index (χ0v) is 15.3. The molecule has 26 heavy (non-hydrogen) atoms. The number of ether oxygens (including phenoxy) is 1. The van der Waals surface area contributed by atoms with E-state index in [1.807, 2.05) is 25.1 Å². The molecule has 0 saturated carbocycles. The Morgan fingerprint density at radius 1 is 1.42 bits per heavy atom. The summed E-state index contributed by atoms with van der Waals surface area (Å²) in [4.78, 5) is 42.9. The van der Waals surface area contributed by atoms with Gasteiger partial charge in [-0.2, -0.15) is 0 Å². The van der Waals surface area contributed by atoms with Crippen LogP contribution in [0.25, 0.3) is 0 Å². The third-order valence-corrected chi connectivity index (χ3v) is 5.34. The Morgan fingerprint density at radius 3 is 2.92 bits per heavy atom. The first-order valence-corrected chi connectivity index (χ1v) is 9.02. The number of nitrogens with zero attached hydrogens (tertiary/aromatic N) is 2. The molecule has 8 heteroatoms. The van der Waals surface area contributed by atoms with Gasteiger partial charge in [0.2, 0.25) is 11.8 Å². The third-order valence-electron chi connectivity index (χ3n) is 4.26. The van der Waals surface area contributed by atoms with Crippen molar-refractivity contribution in [3.63, 3.8) is 0 Å². The molecule has 0 radical (unpaired) electrons. The fourth-order valence-corrected chi connectivity index (χ4v) is 3.78. The molecule has 1 aliphatic rings. The van der Waals surface area contributed by atoms with Crippen LogP contribution in [0, 0.1) is 12.8 Å². The second-order valence-electron chi connectivity index (χ2n) is 6.10. The number of aromatic nitrogens is 1. The molecule has 0 spiro atoms. The number of carbonyl (C=O) groups excluding carboxylic acids is 3. The Labute approximate surface area is 155 Å². The van der Waals surface area contributed by atoms with Gasteiger partial charge < -0.3 is 15.0 Å². The van der Waals surface area contributed by atoms with E-state index >= 15 is 0 Å². The van der Waals surface area contributed by atoms with Crippen LogP contribution in [0.1, 0.15) is 27.3 Å². The molecule has 1 unspecified atom stereocenters. The van der Waals surface area contributed by atoms with Crippen LogP contribution in [-0.4, -0.2) is 41.3 Å². The second kappa shape index (κ2) is 7.65. The lowest BCUT2D eigenvalue weighted by atomic mass is 10.1. The van der Waals surface area contributed by atoms with E-state index in [9.17, 15) is 14.4 Å². The molecule has 3 rings (SSSR count). The number of rotatable bonds is 5. The largest absolute Gasteiger partial charge is 0.465 e. The summed E-state index contributed by atoms with van der Waals surface area (Å²) in [5.74, 6) is -1.30. The summed E-state index contributed by atoms with van der Waals surface area (Å²) in [6.45, 7) is 2.53. The van der Waals surface area contributed by atoms with E-state index in [4.69, 9.17) is 4.74 Å². The van der Waals surface area contributed by atoms with E-state index in [-0.39, 0.29) is 18.2 Å². The molecule has 136 valence electrons. The smallest absolute Gasteiger partial charge is 0.350 e. The molecular formula is C18H19N3O4S. The maximum absolute atomic E-state index is 12.6. The lowest BCUT2D eigenvalue weighted by Gasteiger charge is -2.16. The summed E-state index contributed by atoms with van der Waals surface area (Å²) in [5.41, 5.74) is 2.03. The number of esters is 1. The Balaban J connectivity index is 1.67. The highest BCUT2D eigenvalue weighted by molar-refractivity contribution is 7.12. The number of methoxy groups -OCH3 is 1. The number of carbonyl (C=O) groups is 3. The average molecular weight is 373 g/mol. The molecule has 1 aliphatic heterocycles. The number of hydrogen-bond acceptors (Lipinski definition) is 6. The SMILES string of the molecule is COC(=O)c1scc(C)c1NC(=O)C1CC(=O)N(Cc2ccccn2)C1. The number of likely N-dealkylation sites (tertiary alicyclic amines) is 1. The van der Waals surface area contributed by atoms with Gasteiger partial charge >= 0.3 is 5.97 Å². The summed E-state index contributed by atoms with van der Waals surface area (Å²) < 4.78 is 4.75. The van der Waals surface area contributed by atoms with Gasteiger partial charge in [0.15, 0.2) is 0 Å². The number of nitrogens with one attached hydrogen (secondary N) is 1. The van der Waals surface area contributed by atoms with Crippen LogP contribution in [-0.2, 0) is 20.9 Å². The second-order valence-corrected chi connectivity index (χ2v) is 6.98. The summed E-state index contributed by atoms with van der Waals surface area (Å²) >= 11 is 1.22. The normalized spacial score (nSPS) is 16.6. The van der Waals surface area contributed by atoms with Crippen molar-refractivity contribution in [1.82, 2.24) is 9.88 Å². The van der Waals surface area contributed by atoms with Crippen LogP contribution < -0.4 is 5.32 Å². The van der Waals surface area contributed by atoms with Crippen molar-refractivity contribution in [3.8, 4) is 0 Å². The van der Waals surface area contributed by atoms with Crippen LogP contribution in [0.2, 0.25) is 0 Å². The first-order valence-electron chi connectivity index (χ1n) is 8.14. The van der Waals surface area contributed by atoms with E-state index in [2.05, 4.69) is 10.3 Å². The van der Waals surface area contributed by atoms with Crippen LogP contribution in [0.5, 0.6) is 0 Å². The average Bonchev–Trinajstić information content (AvgIpc) is 3.19. The van der Waals surface area contributed by atoms with Gasteiger partial charge in [0.1, 0.15) is 4.88 Å². The number of hydrogen-bond donors (Lipinski definition) is 1. The standard InChI is InChI=1S/C18H19N3O4S/c1-11-10-26-16(18(24)25-2)15(11)20-17(23)12-7-14(22)21(8-12)9-13-5-3-4-6-19-13/h3-6,10,12H,7-9H2,1-2H3,(H,20,23). The third kappa shape index (κ3) is 3.75. The zero-order valence-electron chi connectivity index (χ0n) is 14.5. The summed E-state index contributed by atoms with van der Waals surface area (Å²) in [5, 5.41) is 4.58. The van der Waals surface area contributed by atoms with Crippen LogP contribution in [0.3, 0.4) is 0 Å². The van der Waals surface area contributed by atoms with Crippen molar-refractivity contribution >= 4 is 34.8 Å². The van der Waals surface area contributed by atoms with Crippen LogP contribution in [0.4, 0.5) is 5.69 Å². The van der Waals surface area contributed by atoms with E-state index < -0.39 is 11.9 Å². The van der Waals surface area contributed by atoms with Crippen molar-refractivity contribution in [2.75, 3.05) is 19.0 Å². The molecule has 1 atom stereocenters. The number of amides is 2. The molecule has 1 N–H and O–H groups in total. The van der Waals surface area contributed by atoms with Crippen molar-refractivity contribution in [1.29, 1.82) is 0 Å². The summed E-state index contributed by atoms with van der Waals surface area (Å²) in [6, 6.07) is 5.52. The highest BCUT2D eigenvalue weighted by Gasteiger charge is 2.35. The molecule has 1 fully saturated rings. The lowest BCUT2D eigenvalue weighted by Crippen LogP contribution is -2.28. The molecule has 3 heterocycles. The highest BCUT2D eigenvalue weighted by Crippen LogP contribution is 2.30. The van der Waals surface area contributed by atoms with Crippen LogP contribution >= 0.6 is 11.3 Å². The van der Waals surface area contributed by atoms with Crippen molar-refractivity contribution < 1.29 is 19.1 Å². The van der Waals surface area contributed by atoms with Gasteiger partial charge in [0, 0.05) is 19.2 Å². The minimum atomic E-state index is -0.488. The van der Waals surface area contributed by atoms with E-state index in [1.54, 1.807) is 16.5 Å². The first kappa shape index (κ1) is 18.1. The molecule has 0 aromatic carbocycles. The summed E-state index contributed by atoms with van der Waals surface area (Å²) in [6.07, 6.45) is 1.82. The number of aryl methyl sites for hydroxylation is 1. The molecule has 0 bridgehead atoms. The van der Waals surface area contributed by atoms with Crippen molar-refractivity contribution in [3.05, 3.63) is 45.9 Å². The Hall–Kier alpha value is -2.74. The maximum atomic E-state index is 12.6. The maximum Gasteiger partial charge on any atom is 0.350 e. The van der Waals surface area contributed by atoms with Gasteiger partial charge in [-0.1, -0.05) is 6.07 Å². The minimum Gasteiger partial charge on any atom is -0.465 e. The Bertz CT molecular complexity index is 834. The van der Waals surface area contributed by atoms with Gasteiger partial charge in [-0.3, -0.25) is 14.6 Å². The quantitative estimate of drug-likeness (QED) is 0.812. The Morgan fingerprint density at radius 2 is 2.23 bits per heavy atom. The van der Waals surface area contributed by atoms with Gasteiger partial charge in [0.05, 0.1) is 31.0 Å². The molecule has 2 amide bonds. The van der Waals surface area contributed by atoms with Crippen molar-refractivity contribution in [2.24, 2.45) is 5.92 Å². The molecule has 2 aromatic heterocycles. The molecule has 7 nitrogen and oxygen atoms in total. The van der Waals surface area contributed by atoms with Gasteiger partial charge in [-0.15, -0.1) is 11.3 Å². The monoisotopic (exact) mass is 373 g/mol. The van der Waals surface area contributed by atoms with E-state index in [0.717, 1.165) is 11.3 Å². The van der Waals surface area contributed by atoms with Crippen molar-refractivity contribution in [2.45, 2.75) is 19.9 Å². The van der Waals surface area contributed by atoms with E-state index in [0.29, 0.717) is 23.7 Å². The highest BCUT2D eigenvalue weighted by atomic mass is 32.1. The fourth-order valence-electron chi connectivity index (χ4n) is 2.86. The predicted molar refractivity (Wildman–Crippen MR) is 96.8 cm³/mol. The van der Waals surface area contributed by atoms with Gasteiger partial charge in [-0.25, -0.2) is 4.79 Å². The predicted octanol–water partition coefficient (Wildman–Crippen LogP) is 2.23. The molecule has 0 aliphatic carbocycles. The zero-order chi connectivity index (χ0) is 18.7. The lowest BCUT2D eigenvalue weighted by molar-refractivity contribution is -0.128. The van der Waals surface area contributed by atoms with Crippen LogP contribution in [0.15, 0.2) is 29.8 Å². The van der Waals surface area contributed by atoms with Gasteiger partial charge in [-0.05, 0) is 30.0 Å². The molecular weight excluding hydrogens is 354 g/mol. The fraction of sp³-hybridized carbons (Fsp3) is 0.333. The summed E-state index contributed by atoms with van der Waals surface area (Å²) in [7, 11) is 1.30. The molecule has 2 aromatic rings. The number of thiophene rings is 1.